The third kappa shape index (κ3) is 3.85. The van der Waals surface area contributed by atoms with Crippen molar-refractivity contribution in [1.82, 2.24) is 9.29 Å². The summed E-state index contributed by atoms with van der Waals surface area (Å²) in [5.41, 5.74) is 0. The first kappa shape index (κ1) is 16.0. The van der Waals surface area contributed by atoms with Gasteiger partial charge < -0.3 is 4.74 Å². The van der Waals surface area contributed by atoms with Crippen LogP contribution >= 0.6 is 0 Å². The van der Waals surface area contributed by atoms with Gasteiger partial charge in [0, 0.05) is 19.2 Å². The molecule has 1 saturated carbocycles. The van der Waals surface area contributed by atoms with E-state index in [-0.39, 0.29) is 16.8 Å². The van der Waals surface area contributed by atoms with E-state index in [2.05, 4.69) is 9.72 Å². The molecule has 0 aromatic carbocycles. The summed E-state index contributed by atoms with van der Waals surface area (Å²) in [6.45, 7) is -1.46. The van der Waals surface area contributed by atoms with Crippen molar-refractivity contribution in [2.45, 2.75) is 36.4 Å². The number of rotatable bonds is 5. The molecule has 0 bridgehead atoms. The molecule has 0 radical (unpaired) electrons. The maximum atomic E-state index is 12.3. The van der Waals surface area contributed by atoms with Gasteiger partial charge in [-0.25, -0.2) is 13.4 Å². The Kier molecular flexibility index (Phi) is 4.43. The van der Waals surface area contributed by atoms with Gasteiger partial charge in [-0.2, -0.15) is 17.5 Å². The van der Waals surface area contributed by atoms with E-state index < -0.39 is 22.8 Å². The van der Waals surface area contributed by atoms with Gasteiger partial charge in [0.1, 0.15) is 4.90 Å². The second kappa shape index (κ2) is 5.80. The van der Waals surface area contributed by atoms with Crippen LogP contribution in [0.3, 0.4) is 0 Å². The largest absolute Gasteiger partial charge is 0.468 e. The Hall–Kier alpha value is -1.35. The van der Waals surface area contributed by atoms with E-state index >= 15 is 0 Å². The molecule has 1 aromatic heterocycles. The van der Waals surface area contributed by atoms with Crippen molar-refractivity contribution in [3.05, 3.63) is 18.3 Å². The monoisotopic (exact) mass is 324 g/mol. The molecule has 118 valence electrons. The Morgan fingerprint density at radius 1 is 1.38 bits per heavy atom. The minimum atomic E-state index is -4.46. The highest BCUT2D eigenvalue weighted by Gasteiger charge is 2.32. The molecule has 1 aliphatic rings. The molecule has 0 aliphatic heterocycles. The Bertz CT molecular complexity index is 583. The van der Waals surface area contributed by atoms with Crippen molar-refractivity contribution in [2.75, 3.05) is 13.7 Å². The number of nitrogens with zero attached hydrogens (tertiary/aromatic N) is 2. The van der Waals surface area contributed by atoms with E-state index in [1.165, 1.54) is 17.4 Å². The first-order valence-corrected chi connectivity index (χ1v) is 7.78. The van der Waals surface area contributed by atoms with Gasteiger partial charge in [-0.1, -0.05) is 6.42 Å². The lowest BCUT2D eigenvalue weighted by Crippen LogP contribution is -2.41. The SMILES string of the molecule is CN(C1CCC1)S(=O)(=O)c1ccc(OCC(F)(F)F)nc1. The van der Waals surface area contributed by atoms with Crippen molar-refractivity contribution in [2.24, 2.45) is 0 Å². The number of halogens is 3. The number of aromatic nitrogens is 1. The molecule has 5 nitrogen and oxygen atoms in total. The second-order valence-corrected chi connectivity index (χ2v) is 6.84. The zero-order valence-electron chi connectivity index (χ0n) is 11.3. The van der Waals surface area contributed by atoms with E-state index in [1.807, 2.05) is 0 Å². The van der Waals surface area contributed by atoms with Crippen molar-refractivity contribution < 1.29 is 26.3 Å². The highest BCUT2D eigenvalue weighted by atomic mass is 32.2. The van der Waals surface area contributed by atoms with Gasteiger partial charge in [-0.15, -0.1) is 0 Å². The number of pyridine rings is 1. The molecule has 1 fully saturated rings. The quantitative estimate of drug-likeness (QED) is 0.833. The van der Waals surface area contributed by atoms with Crippen LogP contribution < -0.4 is 4.74 Å². The Morgan fingerprint density at radius 3 is 2.48 bits per heavy atom. The van der Waals surface area contributed by atoms with Crippen LogP contribution in [0.4, 0.5) is 13.2 Å². The lowest BCUT2D eigenvalue weighted by atomic mass is 9.94. The first-order chi connectivity index (χ1) is 9.70. The van der Waals surface area contributed by atoms with Gasteiger partial charge in [0.15, 0.2) is 6.61 Å². The summed E-state index contributed by atoms with van der Waals surface area (Å²) in [5, 5.41) is 0. The Labute approximate surface area is 120 Å². The molecule has 0 spiro atoms. The molecule has 0 amide bonds. The van der Waals surface area contributed by atoms with Crippen LogP contribution in [0.5, 0.6) is 5.88 Å². The van der Waals surface area contributed by atoms with E-state index in [1.54, 1.807) is 0 Å². The average molecular weight is 324 g/mol. The maximum Gasteiger partial charge on any atom is 0.422 e. The minimum Gasteiger partial charge on any atom is -0.468 e. The van der Waals surface area contributed by atoms with E-state index in [0.717, 1.165) is 31.5 Å². The molecule has 1 aromatic rings. The van der Waals surface area contributed by atoms with Gasteiger partial charge >= 0.3 is 6.18 Å². The third-order valence-electron chi connectivity index (χ3n) is 3.36. The normalized spacial score (nSPS) is 16.8. The van der Waals surface area contributed by atoms with Gasteiger partial charge in [0.05, 0.1) is 6.20 Å². The standard InChI is InChI=1S/C12H15F3N2O3S/c1-17(9-3-2-4-9)21(18,19)10-5-6-11(16-7-10)20-8-12(13,14)15/h5-7,9H,2-4,8H2,1H3. The molecule has 21 heavy (non-hydrogen) atoms. The zero-order valence-corrected chi connectivity index (χ0v) is 12.1. The number of hydrogen-bond acceptors (Lipinski definition) is 4. The lowest BCUT2D eigenvalue weighted by molar-refractivity contribution is -0.154. The Morgan fingerprint density at radius 2 is 2.05 bits per heavy atom. The molecule has 0 atom stereocenters. The summed E-state index contributed by atoms with van der Waals surface area (Å²) >= 11 is 0. The highest BCUT2D eigenvalue weighted by molar-refractivity contribution is 7.89. The van der Waals surface area contributed by atoms with Crippen molar-refractivity contribution in [3.8, 4) is 5.88 Å². The molecule has 2 rings (SSSR count). The minimum absolute atomic E-state index is 0.0174. The third-order valence-corrected chi connectivity index (χ3v) is 5.25. The van der Waals surface area contributed by atoms with Crippen molar-refractivity contribution in [3.63, 3.8) is 0 Å². The number of alkyl halides is 3. The lowest BCUT2D eigenvalue weighted by Gasteiger charge is -2.33. The average Bonchev–Trinajstić information content (AvgIpc) is 2.34. The van der Waals surface area contributed by atoms with Crippen molar-refractivity contribution in [1.29, 1.82) is 0 Å². The molecular weight excluding hydrogens is 309 g/mol. The number of hydrogen-bond donors (Lipinski definition) is 0. The van der Waals surface area contributed by atoms with Crippen molar-refractivity contribution >= 4 is 10.0 Å². The van der Waals surface area contributed by atoms with E-state index in [4.69, 9.17) is 0 Å². The molecule has 1 aliphatic carbocycles. The van der Waals surface area contributed by atoms with Gasteiger partial charge in [0.2, 0.25) is 15.9 Å². The topological polar surface area (TPSA) is 59.5 Å². The van der Waals surface area contributed by atoms with E-state index in [0.29, 0.717) is 0 Å². The molecule has 1 heterocycles. The first-order valence-electron chi connectivity index (χ1n) is 6.34. The zero-order chi connectivity index (χ0) is 15.7. The van der Waals surface area contributed by atoms with Crippen LogP contribution in [-0.4, -0.2) is 43.6 Å². The van der Waals surface area contributed by atoms with Crippen LogP contribution in [0.25, 0.3) is 0 Å². The fourth-order valence-corrected chi connectivity index (χ4v) is 3.24. The smallest absolute Gasteiger partial charge is 0.422 e. The van der Waals surface area contributed by atoms with Crippen LogP contribution in [0.2, 0.25) is 0 Å². The van der Waals surface area contributed by atoms with Crippen LogP contribution in [0.15, 0.2) is 23.2 Å². The molecular formula is C12H15F3N2O3S. The van der Waals surface area contributed by atoms with E-state index in [9.17, 15) is 21.6 Å². The fraction of sp³-hybridized carbons (Fsp3) is 0.583. The predicted molar refractivity (Wildman–Crippen MR) is 68.4 cm³/mol. The maximum absolute atomic E-state index is 12.3. The summed E-state index contributed by atoms with van der Waals surface area (Å²) in [7, 11) is -2.17. The molecule has 0 unspecified atom stereocenters. The highest BCUT2D eigenvalue weighted by Crippen LogP contribution is 2.28. The second-order valence-electron chi connectivity index (χ2n) is 4.84. The van der Waals surface area contributed by atoms with Gasteiger partial charge in [0.25, 0.3) is 0 Å². The summed E-state index contributed by atoms with van der Waals surface area (Å²) in [4.78, 5) is 3.55. The summed E-state index contributed by atoms with van der Waals surface area (Å²) in [6.07, 6.45) is -0.827. The summed E-state index contributed by atoms with van der Waals surface area (Å²) in [6, 6.07) is 2.30. The molecule has 9 heteroatoms. The summed E-state index contributed by atoms with van der Waals surface area (Å²) in [5.74, 6) is -0.266. The molecule has 0 N–H and O–H groups in total. The van der Waals surface area contributed by atoms with Crippen LogP contribution in [0, 0.1) is 0 Å². The molecule has 0 saturated heterocycles. The number of sulfonamides is 1. The van der Waals surface area contributed by atoms with Crippen LogP contribution in [0.1, 0.15) is 19.3 Å². The predicted octanol–water partition coefficient (Wildman–Crippen LogP) is 2.20. The fourth-order valence-electron chi connectivity index (χ4n) is 1.87. The van der Waals surface area contributed by atoms with Gasteiger partial charge in [-0.3, -0.25) is 0 Å². The Balaban J connectivity index is 2.07. The van der Waals surface area contributed by atoms with Crippen LogP contribution in [-0.2, 0) is 10.0 Å². The summed E-state index contributed by atoms with van der Waals surface area (Å²) < 4.78 is 66.2. The van der Waals surface area contributed by atoms with Gasteiger partial charge in [-0.05, 0) is 18.9 Å². The number of ether oxygens (including phenoxy) is 1.